The lowest BCUT2D eigenvalue weighted by molar-refractivity contribution is 0.103. The summed E-state index contributed by atoms with van der Waals surface area (Å²) in [5, 5.41) is 1.14. The molecule has 0 fully saturated rings. The van der Waals surface area contributed by atoms with E-state index in [2.05, 4.69) is 0 Å². The summed E-state index contributed by atoms with van der Waals surface area (Å²) in [6.07, 6.45) is 0. The van der Waals surface area contributed by atoms with E-state index < -0.39 is 0 Å². The van der Waals surface area contributed by atoms with Crippen molar-refractivity contribution in [2.45, 2.75) is 20.8 Å². The second-order valence-corrected chi connectivity index (χ2v) is 5.52. The highest BCUT2D eigenvalue weighted by Gasteiger charge is 2.14. The van der Waals surface area contributed by atoms with Gasteiger partial charge in [-0.15, -0.1) is 0 Å². The van der Waals surface area contributed by atoms with Crippen LogP contribution < -0.4 is 0 Å². The van der Waals surface area contributed by atoms with Gasteiger partial charge >= 0.3 is 0 Å². The van der Waals surface area contributed by atoms with Crippen molar-refractivity contribution in [1.82, 2.24) is 0 Å². The number of carbonyl (C=O) groups excluding carboxylic acids is 1. The molecule has 98 valence electrons. The van der Waals surface area contributed by atoms with Gasteiger partial charge in [0.15, 0.2) is 5.78 Å². The van der Waals surface area contributed by atoms with Gasteiger partial charge in [0.05, 0.1) is 5.02 Å². The smallest absolute Gasteiger partial charge is 0.194 e. The summed E-state index contributed by atoms with van der Waals surface area (Å²) in [5.41, 5.74) is 4.15. The second-order valence-electron chi connectivity index (χ2n) is 4.71. The monoisotopic (exact) mass is 292 g/mol. The molecule has 3 heteroatoms. The summed E-state index contributed by atoms with van der Waals surface area (Å²) in [6.45, 7) is 5.82. The molecule has 0 spiro atoms. The lowest BCUT2D eigenvalue weighted by Gasteiger charge is -2.08. The van der Waals surface area contributed by atoms with Crippen LogP contribution in [0.2, 0.25) is 10.0 Å². The third-order valence-corrected chi connectivity index (χ3v) is 3.98. The number of hydrogen-bond donors (Lipinski definition) is 0. The minimum Gasteiger partial charge on any atom is -0.289 e. The van der Waals surface area contributed by atoms with Crippen LogP contribution >= 0.6 is 23.2 Å². The maximum absolute atomic E-state index is 12.5. The van der Waals surface area contributed by atoms with Crippen LogP contribution in [0.4, 0.5) is 0 Å². The molecule has 0 saturated carbocycles. The van der Waals surface area contributed by atoms with Crippen LogP contribution in [-0.4, -0.2) is 5.78 Å². The summed E-state index contributed by atoms with van der Waals surface area (Å²) in [6, 6.07) is 8.91. The molecule has 0 radical (unpaired) electrons. The summed E-state index contributed by atoms with van der Waals surface area (Å²) in [7, 11) is 0. The van der Waals surface area contributed by atoms with Gasteiger partial charge in [-0.3, -0.25) is 4.79 Å². The van der Waals surface area contributed by atoms with Crippen molar-refractivity contribution in [3.05, 3.63) is 68.2 Å². The molecule has 0 saturated heterocycles. The largest absolute Gasteiger partial charge is 0.289 e. The highest BCUT2D eigenvalue weighted by atomic mass is 35.5. The van der Waals surface area contributed by atoms with Gasteiger partial charge in [-0.1, -0.05) is 23.2 Å². The molecule has 0 aliphatic rings. The van der Waals surface area contributed by atoms with E-state index in [0.717, 1.165) is 16.7 Å². The Bertz CT molecular complexity index is 660. The van der Waals surface area contributed by atoms with E-state index in [1.807, 2.05) is 32.9 Å². The molecule has 0 amide bonds. The molecule has 0 N–H and O–H groups in total. The Morgan fingerprint density at radius 2 is 1.47 bits per heavy atom. The van der Waals surface area contributed by atoms with Crippen molar-refractivity contribution in [3.8, 4) is 0 Å². The fourth-order valence-corrected chi connectivity index (χ4v) is 2.32. The van der Waals surface area contributed by atoms with Crippen LogP contribution in [0.5, 0.6) is 0 Å². The average Bonchev–Trinajstić information content (AvgIpc) is 2.36. The zero-order valence-electron chi connectivity index (χ0n) is 11.1. The number of rotatable bonds is 2. The number of halogens is 2. The molecular weight excluding hydrogens is 279 g/mol. The minimum atomic E-state index is -0.0760. The number of benzene rings is 2. The van der Waals surface area contributed by atoms with Crippen molar-refractivity contribution in [3.63, 3.8) is 0 Å². The zero-order chi connectivity index (χ0) is 14.2. The topological polar surface area (TPSA) is 17.1 Å². The van der Waals surface area contributed by atoms with E-state index in [1.54, 1.807) is 18.2 Å². The fourth-order valence-electron chi connectivity index (χ4n) is 1.90. The van der Waals surface area contributed by atoms with Crippen LogP contribution in [0.25, 0.3) is 0 Å². The predicted octanol–water partition coefficient (Wildman–Crippen LogP) is 5.15. The Morgan fingerprint density at radius 3 is 2.11 bits per heavy atom. The first-order valence-electron chi connectivity index (χ1n) is 5.97. The number of carbonyl (C=O) groups is 1. The van der Waals surface area contributed by atoms with E-state index in [0.29, 0.717) is 21.2 Å². The molecule has 0 aliphatic carbocycles. The molecular formula is C16H14Cl2O. The van der Waals surface area contributed by atoms with Crippen LogP contribution in [0.1, 0.15) is 32.6 Å². The van der Waals surface area contributed by atoms with Crippen LogP contribution in [-0.2, 0) is 0 Å². The molecule has 0 atom stereocenters. The SMILES string of the molecule is Cc1cc(Cl)c(C(=O)c2ccc(Cl)c(C)c2)cc1C. The Morgan fingerprint density at radius 1 is 0.842 bits per heavy atom. The predicted molar refractivity (Wildman–Crippen MR) is 80.5 cm³/mol. The van der Waals surface area contributed by atoms with Gasteiger partial charge in [-0.25, -0.2) is 0 Å². The van der Waals surface area contributed by atoms with E-state index in [9.17, 15) is 4.79 Å². The van der Waals surface area contributed by atoms with Crippen molar-refractivity contribution in [2.75, 3.05) is 0 Å². The summed E-state index contributed by atoms with van der Waals surface area (Å²) >= 11 is 12.1. The Balaban J connectivity index is 2.49. The second kappa shape index (κ2) is 5.36. The highest BCUT2D eigenvalue weighted by Crippen LogP contribution is 2.25. The molecule has 2 rings (SSSR count). The highest BCUT2D eigenvalue weighted by molar-refractivity contribution is 6.35. The third kappa shape index (κ3) is 2.83. The van der Waals surface area contributed by atoms with Gasteiger partial charge < -0.3 is 0 Å². The first-order valence-corrected chi connectivity index (χ1v) is 6.73. The molecule has 2 aromatic carbocycles. The van der Waals surface area contributed by atoms with Gasteiger partial charge in [0, 0.05) is 16.1 Å². The maximum atomic E-state index is 12.5. The van der Waals surface area contributed by atoms with Gasteiger partial charge in [-0.05, 0) is 67.8 Å². The first kappa shape index (κ1) is 14.1. The van der Waals surface area contributed by atoms with Crippen molar-refractivity contribution >= 4 is 29.0 Å². The van der Waals surface area contributed by atoms with Gasteiger partial charge in [0.2, 0.25) is 0 Å². The lowest BCUT2D eigenvalue weighted by atomic mass is 9.98. The molecule has 19 heavy (non-hydrogen) atoms. The minimum absolute atomic E-state index is 0.0760. The Labute approximate surface area is 123 Å². The van der Waals surface area contributed by atoms with Gasteiger partial charge in [-0.2, -0.15) is 0 Å². The number of ketones is 1. The standard InChI is InChI=1S/C16H14Cl2O/c1-9-7-13(15(18)8-10(9)2)16(19)12-4-5-14(17)11(3)6-12/h4-8H,1-3H3. The normalized spacial score (nSPS) is 10.6. The van der Waals surface area contributed by atoms with Gasteiger partial charge in [0.1, 0.15) is 0 Å². The number of aryl methyl sites for hydroxylation is 3. The number of hydrogen-bond acceptors (Lipinski definition) is 1. The summed E-state index contributed by atoms with van der Waals surface area (Å²) < 4.78 is 0. The van der Waals surface area contributed by atoms with Crippen molar-refractivity contribution in [1.29, 1.82) is 0 Å². The van der Waals surface area contributed by atoms with Crippen molar-refractivity contribution < 1.29 is 4.79 Å². The molecule has 0 aromatic heterocycles. The van der Waals surface area contributed by atoms with Crippen LogP contribution in [0, 0.1) is 20.8 Å². The zero-order valence-corrected chi connectivity index (χ0v) is 12.6. The van der Waals surface area contributed by atoms with E-state index in [-0.39, 0.29) is 5.78 Å². The molecule has 1 nitrogen and oxygen atoms in total. The summed E-state index contributed by atoms with van der Waals surface area (Å²) in [5.74, 6) is -0.0760. The third-order valence-electron chi connectivity index (χ3n) is 3.25. The Hall–Kier alpha value is -1.31. The van der Waals surface area contributed by atoms with Crippen LogP contribution in [0.15, 0.2) is 30.3 Å². The fraction of sp³-hybridized carbons (Fsp3) is 0.188. The molecule has 0 bridgehead atoms. The molecule has 0 heterocycles. The van der Waals surface area contributed by atoms with Crippen LogP contribution in [0.3, 0.4) is 0 Å². The Kier molecular flexibility index (Phi) is 3.98. The van der Waals surface area contributed by atoms with E-state index >= 15 is 0 Å². The van der Waals surface area contributed by atoms with Crippen molar-refractivity contribution in [2.24, 2.45) is 0 Å². The summed E-state index contributed by atoms with van der Waals surface area (Å²) in [4.78, 5) is 12.5. The molecule has 2 aromatic rings. The maximum Gasteiger partial charge on any atom is 0.194 e. The quantitative estimate of drug-likeness (QED) is 0.700. The first-order chi connectivity index (χ1) is 8.90. The average molecular weight is 293 g/mol. The molecule has 0 unspecified atom stereocenters. The lowest BCUT2D eigenvalue weighted by Crippen LogP contribution is -2.04. The molecule has 0 aliphatic heterocycles. The van der Waals surface area contributed by atoms with E-state index in [1.165, 1.54) is 0 Å². The van der Waals surface area contributed by atoms with E-state index in [4.69, 9.17) is 23.2 Å². The van der Waals surface area contributed by atoms with Gasteiger partial charge in [0.25, 0.3) is 0 Å².